The summed E-state index contributed by atoms with van der Waals surface area (Å²) in [6, 6.07) is 35.8. The summed E-state index contributed by atoms with van der Waals surface area (Å²) in [4.78, 5) is 4.86. The maximum atomic E-state index is 6.34. The van der Waals surface area contributed by atoms with Gasteiger partial charge in [-0.1, -0.05) is 55.5 Å². The van der Waals surface area contributed by atoms with E-state index in [0.29, 0.717) is 0 Å². The Morgan fingerprint density at radius 2 is 1.35 bits per heavy atom. The van der Waals surface area contributed by atoms with Crippen LogP contribution >= 0.6 is 0 Å². The van der Waals surface area contributed by atoms with Gasteiger partial charge in [-0.25, -0.2) is 4.98 Å². The van der Waals surface area contributed by atoms with Crippen molar-refractivity contribution in [3.63, 3.8) is 0 Å². The molecule has 176 valence electrons. The van der Waals surface area contributed by atoms with Gasteiger partial charge in [0.05, 0.1) is 11.0 Å². The third-order valence-corrected chi connectivity index (χ3v) is 7.37. The van der Waals surface area contributed by atoms with Crippen molar-refractivity contribution in [1.82, 2.24) is 9.55 Å². The number of hydrogen-bond donors (Lipinski definition) is 0. The third kappa shape index (κ3) is 2.93. The molecule has 8 rings (SSSR count). The van der Waals surface area contributed by atoms with E-state index in [9.17, 15) is 0 Å². The van der Waals surface area contributed by atoms with E-state index >= 15 is 0 Å². The van der Waals surface area contributed by atoms with E-state index < -0.39 is 0 Å². The molecule has 0 atom stereocenters. The zero-order chi connectivity index (χ0) is 24.5. The highest BCUT2D eigenvalue weighted by Crippen LogP contribution is 2.39. The molecule has 0 saturated carbocycles. The summed E-state index contributed by atoms with van der Waals surface area (Å²) >= 11 is 0. The van der Waals surface area contributed by atoms with E-state index in [1.807, 2.05) is 24.3 Å². The number of rotatable bonds is 3. The molecular formula is C33H22N2O2. The average molecular weight is 479 g/mol. The molecular weight excluding hydrogens is 456 g/mol. The van der Waals surface area contributed by atoms with Gasteiger partial charge in [-0.15, -0.1) is 0 Å². The third-order valence-electron chi connectivity index (χ3n) is 7.37. The molecule has 37 heavy (non-hydrogen) atoms. The molecule has 0 fully saturated rings. The van der Waals surface area contributed by atoms with Gasteiger partial charge in [-0.2, -0.15) is 0 Å². The van der Waals surface area contributed by atoms with E-state index in [0.717, 1.165) is 84.0 Å². The van der Waals surface area contributed by atoms with E-state index in [-0.39, 0.29) is 0 Å². The Hall–Kier alpha value is -4.83. The van der Waals surface area contributed by atoms with Crippen molar-refractivity contribution in [2.24, 2.45) is 0 Å². The molecule has 4 nitrogen and oxygen atoms in total. The van der Waals surface area contributed by atoms with Crippen LogP contribution in [-0.4, -0.2) is 9.55 Å². The Labute approximate surface area is 212 Å². The van der Waals surface area contributed by atoms with Gasteiger partial charge >= 0.3 is 0 Å². The SMILES string of the molecule is CCc1nc2ccccc2n1-c1cccc(-c2ccc3oc4c(ccc5c6ccccc6oc54)c3c2)c1. The average Bonchev–Trinajstić information content (AvgIpc) is 3.63. The van der Waals surface area contributed by atoms with Crippen molar-refractivity contribution in [3.05, 3.63) is 109 Å². The fourth-order valence-electron chi connectivity index (χ4n) is 5.62. The number of fused-ring (bicyclic) bond motifs is 8. The molecule has 0 bridgehead atoms. The highest BCUT2D eigenvalue weighted by Gasteiger charge is 2.17. The summed E-state index contributed by atoms with van der Waals surface area (Å²) in [6.07, 6.45) is 0.863. The summed E-state index contributed by atoms with van der Waals surface area (Å²) in [5.74, 6) is 1.06. The van der Waals surface area contributed by atoms with Crippen LogP contribution in [0.3, 0.4) is 0 Å². The molecule has 4 heteroatoms. The minimum Gasteiger partial charge on any atom is -0.452 e. The first-order chi connectivity index (χ1) is 18.3. The quantitative estimate of drug-likeness (QED) is 0.254. The zero-order valence-corrected chi connectivity index (χ0v) is 20.2. The van der Waals surface area contributed by atoms with Gasteiger partial charge in [0.1, 0.15) is 17.0 Å². The van der Waals surface area contributed by atoms with Crippen molar-refractivity contribution in [2.75, 3.05) is 0 Å². The molecule has 3 heterocycles. The number of nitrogens with zero attached hydrogens (tertiary/aromatic N) is 2. The Morgan fingerprint density at radius 3 is 2.22 bits per heavy atom. The largest absolute Gasteiger partial charge is 0.452 e. The first-order valence-corrected chi connectivity index (χ1v) is 12.6. The fraction of sp³-hybridized carbons (Fsp3) is 0.0606. The van der Waals surface area contributed by atoms with Crippen LogP contribution in [0.15, 0.2) is 112 Å². The van der Waals surface area contributed by atoms with Gasteiger partial charge in [-0.3, -0.25) is 4.57 Å². The maximum Gasteiger partial charge on any atom is 0.178 e. The van der Waals surface area contributed by atoms with Crippen molar-refractivity contribution < 1.29 is 8.83 Å². The Kier molecular flexibility index (Phi) is 4.17. The summed E-state index contributed by atoms with van der Waals surface area (Å²) in [6.45, 7) is 2.15. The second-order valence-electron chi connectivity index (χ2n) is 9.49. The van der Waals surface area contributed by atoms with Crippen molar-refractivity contribution >= 4 is 54.9 Å². The lowest BCUT2D eigenvalue weighted by Gasteiger charge is -2.11. The minimum atomic E-state index is 0.798. The number of hydrogen-bond acceptors (Lipinski definition) is 3. The molecule has 0 unspecified atom stereocenters. The summed E-state index contributed by atoms with van der Waals surface area (Å²) < 4.78 is 14.8. The molecule has 0 saturated heterocycles. The Morgan fingerprint density at radius 1 is 0.622 bits per heavy atom. The zero-order valence-electron chi connectivity index (χ0n) is 20.2. The van der Waals surface area contributed by atoms with E-state index in [2.05, 4.69) is 90.4 Å². The molecule has 0 aliphatic heterocycles. The van der Waals surface area contributed by atoms with Crippen LogP contribution in [0.4, 0.5) is 0 Å². The lowest BCUT2D eigenvalue weighted by Crippen LogP contribution is -2.00. The number of para-hydroxylation sites is 3. The van der Waals surface area contributed by atoms with Crippen molar-refractivity contribution in [3.8, 4) is 16.8 Å². The van der Waals surface area contributed by atoms with Crippen LogP contribution < -0.4 is 0 Å². The number of aromatic nitrogens is 2. The first-order valence-electron chi connectivity index (χ1n) is 12.6. The molecule has 8 aromatic rings. The molecule has 0 aliphatic carbocycles. The number of imidazole rings is 1. The molecule has 3 aromatic heterocycles. The van der Waals surface area contributed by atoms with Crippen LogP contribution in [-0.2, 0) is 6.42 Å². The molecule has 0 radical (unpaired) electrons. The summed E-state index contributed by atoms with van der Waals surface area (Å²) in [7, 11) is 0. The highest BCUT2D eigenvalue weighted by atomic mass is 16.4. The lowest BCUT2D eigenvalue weighted by atomic mass is 10.0. The normalized spacial score (nSPS) is 12.0. The molecule has 0 N–H and O–H groups in total. The van der Waals surface area contributed by atoms with E-state index in [1.165, 1.54) is 0 Å². The predicted molar refractivity (Wildman–Crippen MR) is 150 cm³/mol. The van der Waals surface area contributed by atoms with E-state index in [1.54, 1.807) is 0 Å². The van der Waals surface area contributed by atoms with Crippen molar-refractivity contribution in [1.29, 1.82) is 0 Å². The van der Waals surface area contributed by atoms with Crippen molar-refractivity contribution in [2.45, 2.75) is 13.3 Å². The van der Waals surface area contributed by atoms with Crippen LogP contribution in [0.25, 0.3) is 71.7 Å². The van der Waals surface area contributed by atoms with Gasteiger partial charge < -0.3 is 8.83 Å². The molecule has 0 aliphatic rings. The number of aryl methyl sites for hydroxylation is 1. The highest BCUT2D eigenvalue weighted by molar-refractivity contribution is 6.19. The second kappa shape index (κ2) is 7.58. The minimum absolute atomic E-state index is 0.798. The molecule has 5 aromatic carbocycles. The molecule has 0 spiro atoms. The summed E-state index contributed by atoms with van der Waals surface area (Å²) in [5, 5.41) is 4.33. The van der Waals surface area contributed by atoms with Gasteiger partial charge in [0.15, 0.2) is 11.2 Å². The Bertz CT molecular complexity index is 2140. The summed E-state index contributed by atoms with van der Waals surface area (Å²) in [5.41, 5.74) is 8.89. The van der Waals surface area contributed by atoms with Gasteiger partial charge in [0.2, 0.25) is 0 Å². The predicted octanol–water partition coefficient (Wildman–Crippen LogP) is 9.05. The number of benzene rings is 5. The maximum absolute atomic E-state index is 6.34. The van der Waals surface area contributed by atoms with Crippen LogP contribution in [0.5, 0.6) is 0 Å². The smallest absolute Gasteiger partial charge is 0.178 e. The Balaban J connectivity index is 1.31. The van der Waals surface area contributed by atoms with Gasteiger partial charge in [0.25, 0.3) is 0 Å². The van der Waals surface area contributed by atoms with Gasteiger partial charge in [-0.05, 0) is 65.7 Å². The van der Waals surface area contributed by atoms with Crippen LogP contribution in [0.2, 0.25) is 0 Å². The number of furan rings is 2. The van der Waals surface area contributed by atoms with Crippen LogP contribution in [0.1, 0.15) is 12.7 Å². The lowest BCUT2D eigenvalue weighted by molar-refractivity contribution is 0.633. The van der Waals surface area contributed by atoms with E-state index in [4.69, 9.17) is 13.8 Å². The van der Waals surface area contributed by atoms with Crippen LogP contribution in [0, 0.1) is 0 Å². The van der Waals surface area contributed by atoms with Gasteiger partial charge in [0, 0.05) is 33.7 Å². The topological polar surface area (TPSA) is 44.1 Å². The second-order valence-corrected chi connectivity index (χ2v) is 9.49. The standard InChI is InChI=1S/C33H22N2O2/c1-2-31-34-27-11-4-5-12-28(27)35(31)22-9-7-8-20(18-22)21-14-17-30-26(19-21)25-16-15-24-23-10-3-6-13-29(23)36-32(24)33(25)37-30/h3-19H,2H2,1H3. The first kappa shape index (κ1) is 20.4. The monoisotopic (exact) mass is 478 g/mol. The molecule has 0 amide bonds. The fourth-order valence-corrected chi connectivity index (χ4v) is 5.62.